The minimum absolute atomic E-state index is 0.0221. The molecular formula is C22H32N8O6. The van der Waals surface area contributed by atoms with Crippen LogP contribution in [-0.4, -0.2) is 82.7 Å². The summed E-state index contributed by atoms with van der Waals surface area (Å²) in [6, 6.07) is 3.92. The van der Waals surface area contributed by atoms with Crippen LogP contribution in [0.2, 0.25) is 0 Å². The number of nitrogens with zero attached hydrogens (tertiary/aromatic N) is 1. The van der Waals surface area contributed by atoms with Crippen LogP contribution in [0.4, 0.5) is 0 Å². The Balaban J connectivity index is 1.82. The summed E-state index contributed by atoms with van der Waals surface area (Å²) in [5.74, 6) is -3.68. The number of amides is 3. The lowest BCUT2D eigenvalue weighted by Gasteiger charge is -2.20. The fraction of sp³-hybridized carbons (Fsp3) is 0.409. The summed E-state index contributed by atoms with van der Waals surface area (Å²) < 4.78 is 0. The van der Waals surface area contributed by atoms with Crippen LogP contribution < -0.4 is 33.2 Å². The van der Waals surface area contributed by atoms with Crippen molar-refractivity contribution >= 4 is 40.6 Å². The van der Waals surface area contributed by atoms with E-state index in [1.165, 1.54) is 0 Å². The topological polar surface area (TPSA) is 251 Å². The van der Waals surface area contributed by atoms with Crippen LogP contribution in [0, 0.1) is 0 Å². The van der Waals surface area contributed by atoms with Gasteiger partial charge in [-0.1, -0.05) is 18.2 Å². The molecule has 36 heavy (non-hydrogen) atoms. The van der Waals surface area contributed by atoms with E-state index < -0.39 is 55.0 Å². The molecule has 3 atom stereocenters. The quantitative estimate of drug-likeness (QED) is 0.0733. The molecule has 0 saturated heterocycles. The van der Waals surface area contributed by atoms with Gasteiger partial charge in [-0.05, 0) is 30.9 Å². The first kappa shape index (κ1) is 28.1. The van der Waals surface area contributed by atoms with Gasteiger partial charge in [0.2, 0.25) is 17.7 Å². The van der Waals surface area contributed by atoms with Crippen molar-refractivity contribution in [2.45, 2.75) is 37.4 Å². The van der Waals surface area contributed by atoms with Gasteiger partial charge in [-0.25, -0.2) is 4.79 Å². The number of H-pyrrole nitrogens is 1. The predicted octanol–water partition coefficient (Wildman–Crippen LogP) is -2.75. The average molecular weight is 505 g/mol. The Labute approximate surface area is 206 Å². The van der Waals surface area contributed by atoms with Crippen LogP contribution in [-0.2, 0) is 25.6 Å². The highest BCUT2D eigenvalue weighted by Crippen LogP contribution is 2.18. The number of para-hydroxylation sites is 1. The van der Waals surface area contributed by atoms with Gasteiger partial charge in [0.05, 0.1) is 19.2 Å². The van der Waals surface area contributed by atoms with E-state index in [0.717, 1.165) is 16.5 Å². The number of nitrogens with two attached hydrogens (primary N) is 3. The maximum absolute atomic E-state index is 12.4. The maximum Gasteiger partial charge on any atom is 0.326 e. The molecule has 3 amide bonds. The van der Waals surface area contributed by atoms with Crippen molar-refractivity contribution in [3.63, 3.8) is 0 Å². The smallest absolute Gasteiger partial charge is 0.326 e. The van der Waals surface area contributed by atoms with Crippen molar-refractivity contribution in [1.82, 2.24) is 20.9 Å². The Bertz CT molecular complexity index is 1100. The first-order valence-corrected chi connectivity index (χ1v) is 11.2. The monoisotopic (exact) mass is 504 g/mol. The van der Waals surface area contributed by atoms with Crippen LogP contribution >= 0.6 is 0 Å². The second kappa shape index (κ2) is 13.7. The number of carboxylic acids is 1. The largest absolute Gasteiger partial charge is 0.480 e. The van der Waals surface area contributed by atoms with Gasteiger partial charge in [0.25, 0.3) is 0 Å². The fourth-order valence-electron chi connectivity index (χ4n) is 3.40. The van der Waals surface area contributed by atoms with Crippen molar-refractivity contribution < 1.29 is 29.4 Å². The number of rotatable bonds is 14. The number of aromatic amines is 1. The highest BCUT2D eigenvalue weighted by molar-refractivity contribution is 5.93. The van der Waals surface area contributed by atoms with Gasteiger partial charge in [-0.2, -0.15) is 0 Å². The summed E-state index contributed by atoms with van der Waals surface area (Å²) in [6.45, 7) is -1.11. The number of carbonyl (C=O) groups excluding carboxylic acids is 3. The van der Waals surface area contributed by atoms with E-state index in [0.29, 0.717) is 0 Å². The van der Waals surface area contributed by atoms with Gasteiger partial charge in [0.15, 0.2) is 5.96 Å². The lowest BCUT2D eigenvalue weighted by molar-refractivity contribution is -0.142. The molecule has 0 radical (unpaired) electrons. The Kier molecular flexibility index (Phi) is 10.6. The number of fused-ring (bicyclic) bond motifs is 1. The Morgan fingerprint density at radius 3 is 2.44 bits per heavy atom. The predicted molar refractivity (Wildman–Crippen MR) is 131 cm³/mol. The summed E-state index contributed by atoms with van der Waals surface area (Å²) >= 11 is 0. The Hall–Kier alpha value is -4.17. The number of hydrogen-bond donors (Lipinski definition) is 9. The number of aliphatic hydroxyl groups excluding tert-OH is 1. The highest BCUT2D eigenvalue weighted by atomic mass is 16.4. The highest BCUT2D eigenvalue weighted by Gasteiger charge is 2.26. The molecule has 0 bridgehead atoms. The van der Waals surface area contributed by atoms with Crippen LogP contribution in [0.3, 0.4) is 0 Å². The standard InChI is InChI=1S/C22H32N8O6/c23-14(8-12-9-27-15-5-2-1-4-13(12)15)19(33)28-10-18(32)29-17(11-31)20(34)30-16(21(35)36)6-3-7-26-22(24)25/h1-2,4-5,9,14,16-17,27,31H,3,6-8,10-11,23H2,(H,28,33)(H,29,32)(H,30,34)(H,35,36)(H4,24,25,26). The molecule has 2 aromatic rings. The van der Waals surface area contributed by atoms with Crippen LogP contribution in [0.15, 0.2) is 35.5 Å². The number of carboxylic acid groups (broad SMARTS) is 1. The fourth-order valence-corrected chi connectivity index (χ4v) is 3.40. The minimum atomic E-state index is -1.42. The van der Waals surface area contributed by atoms with Crippen molar-refractivity contribution in [2.24, 2.45) is 22.2 Å². The number of aliphatic carboxylic acids is 1. The molecule has 0 spiro atoms. The molecule has 0 aliphatic carbocycles. The number of hydrogen-bond acceptors (Lipinski definition) is 7. The summed E-state index contributed by atoms with van der Waals surface area (Å²) in [4.78, 5) is 55.2. The normalized spacial score (nSPS) is 13.3. The van der Waals surface area contributed by atoms with Gasteiger partial charge >= 0.3 is 5.97 Å². The van der Waals surface area contributed by atoms with Crippen LogP contribution in [0.5, 0.6) is 0 Å². The number of aliphatic imine (C=N–C) groups is 1. The molecule has 12 N–H and O–H groups in total. The van der Waals surface area contributed by atoms with Gasteiger partial charge in [0, 0.05) is 23.6 Å². The zero-order valence-electron chi connectivity index (χ0n) is 19.6. The molecule has 1 aromatic carbocycles. The summed E-state index contributed by atoms with van der Waals surface area (Å²) in [5.41, 5.74) is 18.1. The number of guanidine groups is 1. The van der Waals surface area contributed by atoms with Crippen LogP contribution in [0.1, 0.15) is 18.4 Å². The van der Waals surface area contributed by atoms with Gasteiger partial charge in [0.1, 0.15) is 12.1 Å². The van der Waals surface area contributed by atoms with Crippen molar-refractivity contribution in [3.8, 4) is 0 Å². The third-order valence-electron chi connectivity index (χ3n) is 5.27. The Morgan fingerprint density at radius 2 is 1.78 bits per heavy atom. The van der Waals surface area contributed by atoms with Gasteiger partial charge < -0.3 is 48.3 Å². The average Bonchev–Trinajstić information content (AvgIpc) is 3.25. The molecule has 2 rings (SSSR count). The third-order valence-corrected chi connectivity index (χ3v) is 5.27. The second-order valence-electron chi connectivity index (χ2n) is 8.04. The molecule has 3 unspecified atom stereocenters. The van der Waals surface area contributed by atoms with E-state index in [9.17, 15) is 29.4 Å². The molecule has 1 aromatic heterocycles. The maximum atomic E-state index is 12.4. The molecule has 14 heteroatoms. The molecule has 196 valence electrons. The van der Waals surface area contributed by atoms with E-state index in [-0.39, 0.29) is 31.8 Å². The molecule has 0 aliphatic rings. The lowest BCUT2D eigenvalue weighted by atomic mass is 10.1. The summed E-state index contributed by atoms with van der Waals surface area (Å²) in [5, 5.41) is 26.6. The third kappa shape index (κ3) is 8.56. The molecule has 0 fully saturated rings. The van der Waals surface area contributed by atoms with Crippen molar-refractivity contribution in [2.75, 3.05) is 19.7 Å². The van der Waals surface area contributed by atoms with Crippen LogP contribution in [0.25, 0.3) is 10.9 Å². The number of aliphatic hydroxyl groups is 1. The van der Waals surface area contributed by atoms with Crippen molar-refractivity contribution in [3.05, 3.63) is 36.0 Å². The molecule has 14 nitrogen and oxygen atoms in total. The van der Waals surface area contributed by atoms with Gasteiger partial charge in [-0.15, -0.1) is 0 Å². The number of carbonyl (C=O) groups is 4. The number of nitrogens with one attached hydrogen (secondary N) is 4. The van der Waals surface area contributed by atoms with E-state index >= 15 is 0 Å². The van der Waals surface area contributed by atoms with E-state index in [1.54, 1.807) is 6.20 Å². The SMILES string of the molecule is NC(N)=NCCCC(NC(=O)C(CO)NC(=O)CNC(=O)C(N)Cc1c[nH]c2ccccc12)C(=O)O. The van der Waals surface area contributed by atoms with Gasteiger partial charge in [-0.3, -0.25) is 19.4 Å². The first-order valence-electron chi connectivity index (χ1n) is 11.2. The molecule has 0 saturated carbocycles. The van der Waals surface area contributed by atoms with Crippen molar-refractivity contribution in [1.29, 1.82) is 0 Å². The Morgan fingerprint density at radius 1 is 1.06 bits per heavy atom. The first-order chi connectivity index (χ1) is 17.1. The second-order valence-corrected chi connectivity index (χ2v) is 8.04. The molecule has 0 aliphatic heterocycles. The summed E-state index contributed by atoms with van der Waals surface area (Å²) in [6.07, 6.45) is 2.30. The number of benzene rings is 1. The van der Waals surface area contributed by atoms with E-state index in [2.05, 4.69) is 25.9 Å². The lowest BCUT2D eigenvalue weighted by Crippen LogP contribution is -2.55. The zero-order chi connectivity index (χ0) is 26.7. The minimum Gasteiger partial charge on any atom is -0.480 e. The molecular weight excluding hydrogens is 472 g/mol. The summed E-state index contributed by atoms with van der Waals surface area (Å²) in [7, 11) is 0. The number of aromatic nitrogens is 1. The van der Waals surface area contributed by atoms with E-state index in [4.69, 9.17) is 17.2 Å². The zero-order valence-corrected chi connectivity index (χ0v) is 19.6. The molecule has 1 heterocycles. The van der Waals surface area contributed by atoms with E-state index in [1.807, 2.05) is 24.3 Å².